The summed E-state index contributed by atoms with van der Waals surface area (Å²) in [6, 6.07) is 3.61. The number of hydrogen-bond donors (Lipinski definition) is 0. The first-order chi connectivity index (χ1) is 9.33. The minimum absolute atomic E-state index is 0.0447. The predicted molar refractivity (Wildman–Crippen MR) is 66.1 cm³/mol. The van der Waals surface area contributed by atoms with Crippen LogP contribution in [0.4, 0.5) is 13.2 Å². The van der Waals surface area contributed by atoms with Crippen LogP contribution in [-0.4, -0.2) is 12.6 Å². The number of carbonyl (C=O) groups is 1. The van der Waals surface area contributed by atoms with E-state index >= 15 is 0 Å². The van der Waals surface area contributed by atoms with Gasteiger partial charge >= 0.3 is 12.1 Å². The van der Waals surface area contributed by atoms with Crippen LogP contribution < -0.4 is 0 Å². The van der Waals surface area contributed by atoms with Crippen LogP contribution in [0, 0.1) is 11.3 Å². The van der Waals surface area contributed by atoms with E-state index in [4.69, 9.17) is 16.9 Å². The standard InChI is InChI=1S/C13H11ClF3NO2/c1-2-20-12(19)5-8-3-9(6-14)10(7-18)11(4-8)13(15,16)17/h3-4H,2,5-6H2,1H3. The molecule has 0 amide bonds. The molecule has 0 saturated heterocycles. The zero-order chi connectivity index (χ0) is 15.3. The van der Waals surface area contributed by atoms with Gasteiger partial charge in [0.05, 0.1) is 24.2 Å². The fourth-order valence-corrected chi connectivity index (χ4v) is 1.92. The Bertz CT molecular complexity index is 550. The molecule has 0 aliphatic carbocycles. The van der Waals surface area contributed by atoms with Gasteiger partial charge < -0.3 is 4.74 Å². The van der Waals surface area contributed by atoms with Gasteiger partial charge in [-0.15, -0.1) is 11.6 Å². The third-order valence-corrected chi connectivity index (χ3v) is 2.78. The summed E-state index contributed by atoms with van der Waals surface area (Å²) in [6.45, 7) is 1.74. The van der Waals surface area contributed by atoms with Crippen LogP contribution in [0.2, 0.25) is 0 Å². The van der Waals surface area contributed by atoms with Gasteiger partial charge in [-0.25, -0.2) is 0 Å². The van der Waals surface area contributed by atoms with E-state index in [1.54, 1.807) is 6.92 Å². The van der Waals surface area contributed by atoms with Crippen molar-refractivity contribution < 1.29 is 22.7 Å². The number of nitriles is 1. The number of halogens is 4. The van der Waals surface area contributed by atoms with Crippen LogP contribution >= 0.6 is 11.6 Å². The highest BCUT2D eigenvalue weighted by atomic mass is 35.5. The summed E-state index contributed by atoms with van der Waals surface area (Å²) in [5, 5.41) is 8.85. The Balaban J connectivity index is 3.30. The first-order valence-corrected chi connectivity index (χ1v) is 6.21. The molecule has 0 unspecified atom stereocenters. The summed E-state index contributed by atoms with van der Waals surface area (Å²) >= 11 is 5.57. The molecule has 3 nitrogen and oxygen atoms in total. The van der Waals surface area contributed by atoms with Crippen LogP contribution in [0.15, 0.2) is 12.1 Å². The largest absolute Gasteiger partial charge is 0.466 e. The molecule has 0 fully saturated rings. The number of alkyl halides is 4. The Kier molecular flexibility index (Phi) is 5.40. The molecular formula is C13H11ClF3NO2. The summed E-state index contributed by atoms with van der Waals surface area (Å²) < 4.78 is 43.4. The van der Waals surface area contributed by atoms with Gasteiger partial charge in [-0.1, -0.05) is 6.07 Å². The smallest absolute Gasteiger partial charge is 0.417 e. The summed E-state index contributed by atoms with van der Waals surface area (Å²) in [4.78, 5) is 11.3. The van der Waals surface area contributed by atoms with Crippen molar-refractivity contribution in [2.45, 2.75) is 25.4 Å². The van der Waals surface area contributed by atoms with E-state index in [1.165, 1.54) is 12.1 Å². The SMILES string of the molecule is CCOC(=O)Cc1cc(CCl)c(C#N)c(C(F)(F)F)c1. The highest BCUT2D eigenvalue weighted by Crippen LogP contribution is 2.34. The predicted octanol–water partition coefficient (Wildman–Crippen LogP) is 3.42. The lowest BCUT2D eigenvalue weighted by molar-refractivity contribution is -0.142. The molecule has 0 radical (unpaired) electrons. The average Bonchev–Trinajstić information content (AvgIpc) is 2.36. The first kappa shape index (κ1) is 16.3. The van der Waals surface area contributed by atoms with Crippen LogP contribution in [0.3, 0.4) is 0 Å². The molecule has 0 bridgehead atoms. The van der Waals surface area contributed by atoms with Gasteiger partial charge in [0.2, 0.25) is 0 Å². The molecule has 0 N–H and O–H groups in total. The van der Waals surface area contributed by atoms with Crippen molar-refractivity contribution in [3.8, 4) is 6.07 Å². The lowest BCUT2D eigenvalue weighted by atomic mass is 9.97. The van der Waals surface area contributed by atoms with Gasteiger partial charge in [-0.3, -0.25) is 4.79 Å². The Morgan fingerprint density at radius 1 is 1.45 bits per heavy atom. The number of rotatable bonds is 4. The third-order valence-electron chi connectivity index (χ3n) is 2.49. The second-order valence-corrected chi connectivity index (χ2v) is 4.17. The van der Waals surface area contributed by atoms with Crippen LogP contribution in [0.5, 0.6) is 0 Å². The van der Waals surface area contributed by atoms with Crippen LogP contribution in [0.25, 0.3) is 0 Å². The van der Waals surface area contributed by atoms with Crippen molar-refractivity contribution in [1.82, 2.24) is 0 Å². The fourth-order valence-electron chi connectivity index (χ4n) is 1.71. The second-order valence-electron chi connectivity index (χ2n) is 3.90. The van der Waals surface area contributed by atoms with Crippen LogP contribution in [0.1, 0.15) is 29.2 Å². The molecule has 0 atom stereocenters. The quantitative estimate of drug-likeness (QED) is 0.632. The van der Waals surface area contributed by atoms with E-state index in [0.29, 0.717) is 0 Å². The molecule has 0 spiro atoms. The van der Waals surface area contributed by atoms with E-state index in [2.05, 4.69) is 4.74 Å². The molecular weight excluding hydrogens is 295 g/mol. The zero-order valence-corrected chi connectivity index (χ0v) is 11.3. The number of hydrogen-bond acceptors (Lipinski definition) is 3. The summed E-state index contributed by atoms with van der Waals surface area (Å²) in [6.07, 6.45) is -4.98. The van der Waals surface area contributed by atoms with Crippen molar-refractivity contribution in [3.63, 3.8) is 0 Å². The van der Waals surface area contributed by atoms with Gasteiger partial charge in [0, 0.05) is 5.88 Å². The molecule has 0 heterocycles. The Hall–Kier alpha value is -1.74. The summed E-state index contributed by atoms with van der Waals surface area (Å²) in [5.74, 6) is -0.881. The van der Waals surface area contributed by atoms with Gasteiger partial charge in [-0.2, -0.15) is 18.4 Å². The highest BCUT2D eigenvalue weighted by Gasteiger charge is 2.35. The number of ether oxygens (including phenoxy) is 1. The maximum Gasteiger partial charge on any atom is 0.417 e. The van der Waals surface area contributed by atoms with Gasteiger partial charge in [0.25, 0.3) is 0 Å². The molecule has 0 aromatic heterocycles. The van der Waals surface area contributed by atoms with E-state index in [1.807, 2.05) is 0 Å². The van der Waals surface area contributed by atoms with Crippen molar-refractivity contribution in [2.24, 2.45) is 0 Å². The van der Waals surface area contributed by atoms with Crippen molar-refractivity contribution in [3.05, 3.63) is 34.4 Å². The van der Waals surface area contributed by atoms with E-state index < -0.39 is 23.3 Å². The molecule has 0 saturated carbocycles. The van der Waals surface area contributed by atoms with Gasteiger partial charge in [0.15, 0.2) is 0 Å². The zero-order valence-electron chi connectivity index (χ0n) is 10.6. The lowest BCUT2D eigenvalue weighted by Crippen LogP contribution is -2.13. The number of benzene rings is 1. The Morgan fingerprint density at radius 2 is 2.10 bits per heavy atom. The lowest BCUT2D eigenvalue weighted by Gasteiger charge is -2.13. The Morgan fingerprint density at radius 3 is 2.55 bits per heavy atom. The van der Waals surface area contributed by atoms with Crippen LogP contribution in [-0.2, 0) is 28.0 Å². The first-order valence-electron chi connectivity index (χ1n) is 5.68. The van der Waals surface area contributed by atoms with E-state index in [9.17, 15) is 18.0 Å². The van der Waals surface area contributed by atoms with E-state index in [0.717, 1.165) is 6.07 Å². The molecule has 0 aliphatic heterocycles. The molecule has 20 heavy (non-hydrogen) atoms. The molecule has 0 aliphatic rings. The number of carbonyl (C=O) groups excluding carboxylic acids is 1. The normalized spacial score (nSPS) is 11.0. The number of nitrogens with zero attached hydrogens (tertiary/aromatic N) is 1. The van der Waals surface area contributed by atoms with Crippen molar-refractivity contribution in [1.29, 1.82) is 5.26 Å². The molecule has 1 aromatic carbocycles. The summed E-state index contributed by atoms with van der Waals surface area (Å²) in [5.41, 5.74) is -1.44. The topological polar surface area (TPSA) is 50.1 Å². The maximum atomic E-state index is 12.9. The second kappa shape index (κ2) is 6.62. The molecule has 1 rings (SSSR count). The molecule has 7 heteroatoms. The highest BCUT2D eigenvalue weighted by molar-refractivity contribution is 6.17. The summed E-state index contributed by atoms with van der Waals surface area (Å²) in [7, 11) is 0. The fraction of sp³-hybridized carbons (Fsp3) is 0.385. The van der Waals surface area contributed by atoms with Crippen molar-refractivity contribution >= 4 is 17.6 Å². The van der Waals surface area contributed by atoms with Gasteiger partial charge in [-0.05, 0) is 24.1 Å². The monoisotopic (exact) mass is 305 g/mol. The molecule has 108 valence electrons. The van der Waals surface area contributed by atoms with Gasteiger partial charge in [0.1, 0.15) is 6.07 Å². The molecule has 1 aromatic rings. The minimum Gasteiger partial charge on any atom is -0.466 e. The number of esters is 1. The maximum absolute atomic E-state index is 12.9. The third kappa shape index (κ3) is 3.87. The van der Waals surface area contributed by atoms with Crippen molar-refractivity contribution in [2.75, 3.05) is 6.61 Å². The minimum atomic E-state index is -4.68. The Labute approximate surface area is 118 Å². The average molecular weight is 306 g/mol. The van der Waals surface area contributed by atoms with E-state index in [-0.39, 0.29) is 30.0 Å².